The number of hydrogen-bond donors (Lipinski definition) is 0. The van der Waals surface area contributed by atoms with Gasteiger partial charge in [0.2, 0.25) is 0 Å². The summed E-state index contributed by atoms with van der Waals surface area (Å²) in [7, 11) is 0. The Morgan fingerprint density at radius 2 is 2.07 bits per heavy atom. The molecule has 0 amide bonds. The lowest BCUT2D eigenvalue weighted by Gasteiger charge is -2.27. The molecule has 0 heterocycles. The fourth-order valence-corrected chi connectivity index (χ4v) is 1.13. The van der Waals surface area contributed by atoms with Crippen molar-refractivity contribution in [2.24, 2.45) is 0 Å². The van der Waals surface area contributed by atoms with E-state index in [0.29, 0.717) is 10.8 Å². The van der Waals surface area contributed by atoms with Gasteiger partial charge in [0.1, 0.15) is 11.4 Å². The average Bonchev–Trinajstić information content (AvgIpc) is 2.10. The summed E-state index contributed by atoms with van der Waals surface area (Å²) in [6.45, 7) is 4.69. The smallest absolute Gasteiger partial charge is 0.143 e. The van der Waals surface area contributed by atoms with Crippen molar-refractivity contribution in [1.29, 1.82) is 0 Å². The van der Waals surface area contributed by atoms with Crippen LogP contribution in [0, 0.1) is 6.92 Å². The maximum Gasteiger partial charge on any atom is 0.143 e. The van der Waals surface area contributed by atoms with Crippen LogP contribution in [-0.2, 0) is 4.79 Å². The van der Waals surface area contributed by atoms with Crippen molar-refractivity contribution >= 4 is 17.6 Å². The van der Waals surface area contributed by atoms with Gasteiger partial charge >= 0.3 is 0 Å². The van der Waals surface area contributed by atoms with Crippen molar-refractivity contribution in [1.82, 2.24) is 0 Å². The van der Waals surface area contributed by atoms with Gasteiger partial charge in [-0.25, -0.2) is 0 Å². The van der Waals surface area contributed by atoms with E-state index in [1.807, 2.05) is 6.92 Å². The minimum absolute atomic E-state index is 0.464. The molecule has 0 aromatic heterocycles. The summed E-state index contributed by atoms with van der Waals surface area (Å²) in [5.74, 6) is -0.791. The quantitative estimate of drug-likeness (QED) is 0.787. The first-order chi connectivity index (χ1) is 6.83. The number of carboxylic acids is 1. The summed E-state index contributed by atoms with van der Waals surface area (Å²) in [6.07, 6.45) is 0. The van der Waals surface area contributed by atoms with E-state index in [1.54, 1.807) is 18.2 Å². The molecule has 0 bridgehead atoms. The first kappa shape index (κ1) is 11.9. The Balaban J connectivity index is 2.91. The minimum atomic E-state index is -1.35. The van der Waals surface area contributed by atoms with Crippen LogP contribution < -0.4 is 9.84 Å². The maximum atomic E-state index is 10.7. The van der Waals surface area contributed by atoms with E-state index < -0.39 is 11.6 Å². The molecule has 1 rings (SSSR count). The van der Waals surface area contributed by atoms with Gasteiger partial charge in [-0.1, -0.05) is 11.6 Å². The lowest BCUT2D eigenvalue weighted by molar-refractivity contribution is -0.320. The summed E-state index contributed by atoms with van der Waals surface area (Å²) < 4.78 is 5.28. The number of carbonyl (C=O) groups excluding carboxylic acids is 1. The highest BCUT2D eigenvalue weighted by molar-refractivity contribution is 6.31. The van der Waals surface area contributed by atoms with Gasteiger partial charge in [0.25, 0.3) is 0 Å². The second-order valence-corrected chi connectivity index (χ2v) is 4.22. The molecule has 0 aliphatic heterocycles. The second-order valence-electron chi connectivity index (χ2n) is 3.81. The molecule has 0 aliphatic carbocycles. The fourth-order valence-electron chi connectivity index (χ4n) is 1.02. The Morgan fingerprint density at radius 3 is 2.53 bits per heavy atom. The highest BCUT2D eigenvalue weighted by Crippen LogP contribution is 2.24. The van der Waals surface area contributed by atoms with E-state index in [2.05, 4.69) is 0 Å². The van der Waals surface area contributed by atoms with Crippen LogP contribution >= 0.6 is 11.6 Å². The van der Waals surface area contributed by atoms with Crippen LogP contribution in [0.5, 0.6) is 5.75 Å². The van der Waals surface area contributed by atoms with Gasteiger partial charge < -0.3 is 14.6 Å². The number of hydrogen-bond acceptors (Lipinski definition) is 3. The zero-order valence-electron chi connectivity index (χ0n) is 8.83. The molecule has 0 spiro atoms. The van der Waals surface area contributed by atoms with Gasteiger partial charge in [-0.2, -0.15) is 0 Å². The van der Waals surface area contributed by atoms with Gasteiger partial charge in [-0.05, 0) is 44.5 Å². The highest BCUT2D eigenvalue weighted by Gasteiger charge is 2.21. The minimum Gasteiger partial charge on any atom is -0.546 e. The van der Waals surface area contributed by atoms with Crippen LogP contribution in [0.4, 0.5) is 0 Å². The number of ether oxygens (including phenoxy) is 1. The van der Waals surface area contributed by atoms with Crippen molar-refractivity contribution in [2.75, 3.05) is 0 Å². The van der Waals surface area contributed by atoms with E-state index in [-0.39, 0.29) is 0 Å². The number of aliphatic carboxylic acids is 1. The third-order valence-corrected chi connectivity index (χ3v) is 2.42. The lowest BCUT2D eigenvalue weighted by atomic mass is 10.1. The van der Waals surface area contributed by atoms with Crippen LogP contribution in [0.25, 0.3) is 0 Å². The maximum absolute atomic E-state index is 10.7. The van der Waals surface area contributed by atoms with Gasteiger partial charge in [0.15, 0.2) is 0 Å². The number of rotatable bonds is 3. The van der Waals surface area contributed by atoms with E-state index in [0.717, 1.165) is 5.56 Å². The third-order valence-electron chi connectivity index (χ3n) is 1.99. The van der Waals surface area contributed by atoms with Crippen molar-refractivity contribution < 1.29 is 14.6 Å². The van der Waals surface area contributed by atoms with Crippen LogP contribution in [0.2, 0.25) is 5.02 Å². The van der Waals surface area contributed by atoms with Gasteiger partial charge in [0, 0.05) is 5.02 Å². The standard InChI is InChI=1S/C11H13ClO3/c1-7-6-8(4-5-9(7)12)15-11(2,3)10(13)14/h4-6H,1-3H3,(H,13,14)/p-1. The van der Waals surface area contributed by atoms with E-state index in [4.69, 9.17) is 16.3 Å². The number of aryl methyl sites for hydroxylation is 1. The number of carboxylic acid groups (broad SMARTS) is 1. The van der Waals surface area contributed by atoms with Crippen LogP contribution in [0.3, 0.4) is 0 Å². The Bertz CT molecular complexity index is 385. The summed E-state index contributed by atoms with van der Waals surface area (Å²) in [6, 6.07) is 4.98. The summed E-state index contributed by atoms with van der Waals surface area (Å²) in [5.41, 5.74) is -0.511. The highest BCUT2D eigenvalue weighted by atomic mass is 35.5. The fraction of sp³-hybridized carbons (Fsp3) is 0.364. The molecule has 0 saturated heterocycles. The first-order valence-corrected chi connectivity index (χ1v) is 4.87. The van der Waals surface area contributed by atoms with Crippen LogP contribution in [0.15, 0.2) is 18.2 Å². The summed E-state index contributed by atoms with van der Waals surface area (Å²) >= 11 is 5.83. The zero-order valence-corrected chi connectivity index (χ0v) is 9.59. The number of carbonyl (C=O) groups is 1. The molecule has 15 heavy (non-hydrogen) atoms. The molecule has 0 fully saturated rings. The second kappa shape index (κ2) is 4.11. The predicted octanol–water partition coefficient (Wildman–Crippen LogP) is 1.56. The zero-order chi connectivity index (χ0) is 11.6. The molecule has 0 saturated carbocycles. The molecule has 3 nitrogen and oxygen atoms in total. The SMILES string of the molecule is Cc1cc(OC(C)(C)C(=O)[O-])ccc1Cl. The monoisotopic (exact) mass is 227 g/mol. The van der Waals surface area contributed by atoms with E-state index in [9.17, 15) is 9.90 Å². The Morgan fingerprint density at radius 1 is 1.47 bits per heavy atom. The summed E-state index contributed by atoms with van der Waals surface area (Å²) in [5, 5.41) is 11.3. The Labute approximate surface area is 93.6 Å². The van der Waals surface area contributed by atoms with Crippen molar-refractivity contribution in [2.45, 2.75) is 26.4 Å². The van der Waals surface area contributed by atoms with Gasteiger partial charge in [0.05, 0.1) is 5.97 Å². The van der Waals surface area contributed by atoms with E-state index in [1.165, 1.54) is 13.8 Å². The predicted molar refractivity (Wildman–Crippen MR) is 55.9 cm³/mol. The molecule has 0 radical (unpaired) electrons. The number of benzene rings is 1. The van der Waals surface area contributed by atoms with Gasteiger partial charge in [-0.3, -0.25) is 0 Å². The van der Waals surface area contributed by atoms with Crippen LogP contribution in [-0.4, -0.2) is 11.6 Å². The largest absolute Gasteiger partial charge is 0.546 e. The van der Waals surface area contributed by atoms with Crippen molar-refractivity contribution in [3.05, 3.63) is 28.8 Å². The molecule has 0 N–H and O–H groups in total. The van der Waals surface area contributed by atoms with Crippen molar-refractivity contribution in [3.8, 4) is 5.75 Å². The molecular weight excluding hydrogens is 216 g/mol. The first-order valence-electron chi connectivity index (χ1n) is 4.49. The molecule has 0 atom stereocenters. The van der Waals surface area contributed by atoms with Crippen molar-refractivity contribution in [3.63, 3.8) is 0 Å². The molecule has 0 aliphatic rings. The topological polar surface area (TPSA) is 49.4 Å². The molecule has 0 unspecified atom stereocenters. The molecule has 1 aromatic carbocycles. The molecular formula is C11H12ClO3-. The number of halogens is 1. The lowest BCUT2D eigenvalue weighted by Crippen LogP contribution is -2.47. The van der Waals surface area contributed by atoms with Gasteiger partial charge in [-0.15, -0.1) is 0 Å². The third kappa shape index (κ3) is 2.86. The normalized spacial score (nSPS) is 11.2. The Hall–Kier alpha value is -1.22. The molecule has 4 heteroatoms. The average molecular weight is 228 g/mol. The molecule has 82 valence electrons. The van der Waals surface area contributed by atoms with Crippen LogP contribution in [0.1, 0.15) is 19.4 Å². The molecule has 1 aromatic rings. The summed E-state index contributed by atoms with van der Waals surface area (Å²) in [4.78, 5) is 10.7. The van der Waals surface area contributed by atoms with E-state index >= 15 is 0 Å². The Kier molecular flexibility index (Phi) is 3.25.